The van der Waals surface area contributed by atoms with Gasteiger partial charge >= 0.3 is 0 Å². The lowest BCUT2D eigenvalue weighted by atomic mass is 9.75. The molecule has 2 fully saturated rings. The fourth-order valence-corrected chi connectivity index (χ4v) is 4.89. The van der Waals surface area contributed by atoms with Gasteiger partial charge in [-0.2, -0.15) is 0 Å². The van der Waals surface area contributed by atoms with E-state index in [-0.39, 0.29) is 12.1 Å². The molecule has 0 heterocycles. The molecule has 3 N–H and O–H groups in total. The standard InChI is InChI=1S/C15H30N2O2S/c1-20(18,19)17-15(13-10-6-3-7-11-13)14(16)12-8-4-2-5-9-12/h12-15,17H,2-11,16H2,1H3. The van der Waals surface area contributed by atoms with Crippen molar-refractivity contribution < 1.29 is 8.42 Å². The van der Waals surface area contributed by atoms with Crippen LogP contribution in [-0.2, 0) is 10.0 Å². The highest BCUT2D eigenvalue weighted by Crippen LogP contribution is 2.33. The van der Waals surface area contributed by atoms with Crippen LogP contribution < -0.4 is 10.5 Å². The van der Waals surface area contributed by atoms with Gasteiger partial charge in [-0.05, 0) is 37.5 Å². The van der Waals surface area contributed by atoms with Gasteiger partial charge in [0.1, 0.15) is 0 Å². The van der Waals surface area contributed by atoms with Crippen molar-refractivity contribution in [3.05, 3.63) is 0 Å². The number of nitrogens with two attached hydrogens (primary N) is 1. The molecule has 2 atom stereocenters. The van der Waals surface area contributed by atoms with Crippen molar-refractivity contribution in [2.45, 2.75) is 76.3 Å². The molecule has 118 valence electrons. The van der Waals surface area contributed by atoms with Gasteiger partial charge in [0.05, 0.1) is 6.26 Å². The van der Waals surface area contributed by atoms with E-state index >= 15 is 0 Å². The summed E-state index contributed by atoms with van der Waals surface area (Å²) in [6.45, 7) is 0. The topological polar surface area (TPSA) is 72.2 Å². The van der Waals surface area contributed by atoms with Gasteiger partial charge in [-0.15, -0.1) is 0 Å². The van der Waals surface area contributed by atoms with Gasteiger partial charge < -0.3 is 5.73 Å². The lowest BCUT2D eigenvalue weighted by Gasteiger charge is -2.39. The minimum atomic E-state index is -3.19. The SMILES string of the molecule is CS(=O)(=O)NC(C1CCCCC1)C(N)C1CCCCC1. The molecular weight excluding hydrogens is 272 g/mol. The largest absolute Gasteiger partial charge is 0.326 e. The molecule has 0 aromatic rings. The van der Waals surface area contributed by atoms with E-state index in [0.717, 1.165) is 25.7 Å². The quantitative estimate of drug-likeness (QED) is 0.819. The lowest BCUT2D eigenvalue weighted by Crippen LogP contribution is -2.55. The summed E-state index contributed by atoms with van der Waals surface area (Å²) >= 11 is 0. The predicted molar refractivity (Wildman–Crippen MR) is 82.9 cm³/mol. The molecule has 0 aliphatic heterocycles. The maximum Gasteiger partial charge on any atom is 0.209 e. The van der Waals surface area contributed by atoms with E-state index in [1.54, 1.807) is 0 Å². The average molecular weight is 302 g/mol. The van der Waals surface area contributed by atoms with Gasteiger partial charge in [0.25, 0.3) is 0 Å². The average Bonchev–Trinajstić information content (AvgIpc) is 2.45. The van der Waals surface area contributed by atoms with Crippen molar-refractivity contribution in [1.82, 2.24) is 4.72 Å². The van der Waals surface area contributed by atoms with Crippen LogP contribution in [0.2, 0.25) is 0 Å². The first kappa shape index (κ1) is 16.2. The number of rotatable bonds is 5. The molecule has 2 rings (SSSR count). The highest BCUT2D eigenvalue weighted by molar-refractivity contribution is 7.88. The van der Waals surface area contributed by atoms with E-state index in [1.807, 2.05) is 0 Å². The number of hydrogen-bond donors (Lipinski definition) is 2. The first-order chi connectivity index (χ1) is 9.47. The fourth-order valence-electron chi connectivity index (χ4n) is 4.04. The number of sulfonamides is 1. The summed E-state index contributed by atoms with van der Waals surface area (Å²) in [7, 11) is -3.19. The van der Waals surface area contributed by atoms with Crippen LogP contribution in [0.4, 0.5) is 0 Å². The van der Waals surface area contributed by atoms with Crippen LogP contribution in [-0.4, -0.2) is 26.8 Å². The molecule has 0 amide bonds. The van der Waals surface area contributed by atoms with Crippen LogP contribution >= 0.6 is 0 Å². The number of hydrogen-bond acceptors (Lipinski definition) is 3. The molecule has 0 aromatic heterocycles. The second kappa shape index (κ2) is 7.23. The summed E-state index contributed by atoms with van der Waals surface area (Å²) in [4.78, 5) is 0. The normalized spacial score (nSPS) is 26.3. The van der Waals surface area contributed by atoms with Crippen molar-refractivity contribution in [2.75, 3.05) is 6.26 Å². The van der Waals surface area contributed by atoms with Crippen molar-refractivity contribution in [3.8, 4) is 0 Å². The Hall–Kier alpha value is -0.130. The Bertz CT molecular complexity index is 385. The first-order valence-electron chi connectivity index (χ1n) is 8.20. The molecule has 0 aromatic carbocycles. The zero-order valence-electron chi connectivity index (χ0n) is 12.7. The molecule has 5 heteroatoms. The van der Waals surface area contributed by atoms with E-state index in [2.05, 4.69) is 4.72 Å². The van der Waals surface area contributed by atoms with Crippen molar-refractivity contribution >= 4 is 10.0 Å². The van der Waals surface area contributed by atoms with Gasteiger partial charge in [0.15, 0.2) is 0 Å². The molecule has 2 saturated carbocycles. The third-order valence-electron chi connectivity index (χ3n) is 5.12. The minimum Gasteiger partial charge on any atom is -0.326 e. The van der Waals surface area contributed by atoms with Crippen LogP contribution in [0.25, 0.3) is 0 Å². The first-order valence-corrected chi connectivity index (χ1v) is 10.1. The summed E-state index contributed by atoms with van der Waals surface area (Å²) in [5, 5.41) is 0. The van der Waals surface area contributed by atoms with Crippen LogP contribution in [0.5, 0.6) is 0 Å². The fraction of sp³-hybridized carbons (Fsp3) is 1.00. The highest BCUT2D eigenvalue weighted by Gasteiger charge is 2.35. The molecule has 2 aliphatic rings. The Morgan fingerprint density at radius 3 is 1.80 bits per heavy atom. The Kier molecular flexibility index (Phi) is 5.87. The smallest absolute Gasteiger partial charge is 0.209 e. The van der Waals surface area contributed by atoms with Gasteiger partial charge in [-0.25, -0.2) is 13.1 Å². The molecule has 0 spiro atoms. The van der Waals surface area contributed by atoms with Gasteiger partial charge in [-0.3, -0.25) is 0 Å². The molecule has 0 bridgehead atoms. The summed E-state index contributed by atoms with van der Waals surface area (Å²) in [5.74, 6) is 0.917. The summed E-state index contributed by atoms with van der Waals surface area (Å²) in [5.41, 5.74) is 6.50. The Balaban J connectivity index is 2.07. The second-order valence-electron chi connectivity index (χ2n) is 6.79. The van der Waals surface area contributed by atoms with E-state index in [4.69, 9.17) is 5.73 Å². The van der Waals surface area contributed by atoms with Crippen molar-refractivity contribution in [3.63, 3.8) is 0 Å². The van der Waals surface area contributed by atoms with E-state index < -0.39 is 10.0 Å². The molecule has 0 radical (unpaired) electrons. The molecule has 2 aliphatic carbocycles. The second-order valence-corrected chi connectivity index (χ2v) is 8.57. The Labute approximate surface area is 123 Å². The summed E-state index contributed by atoms with van der Waals surface area (Å²) in [6, 6.07) is -0.0819. The zero-order chi connectivity index (χ0) is 14.6. The van der Waals surface area contributed by atoms with Crippen molar-refractivity contribution in [2.24, 2.45) is 17.6 Å². The maximum atomic E-state index is 11.7. The maximum absolute atomic E-state index is 11.7. The Morgan fingerprint density at radius 1 is 0.900 bits per heavy atom. The van der Waals surface area contributed by atoms with Crippen LogP contribution in [0, 0.1) is 11.8 Å². The molecule has 20 heavy (non-hydrogen) atoms. The van der Waals surface area contributed by atoms with E-state index in [9.17, 15) is 8.42 Å². The van der Waals surface area contributed by atoms with Crippen LogP contribution in [0.15, 0.2) is 0 Å². The number of nitrogens with one attached hydrogen (secondary N) is 1. The molecular formula is C15H30N2O2S. The zero-order valence-corrected chi connectivity index (χ0v) is 13.5. The molecule has 0 saturated heterocycles. The predicted octanol–water partition coefficient (Wildman–Crippen LogP) is 2.39. The van der Waals surface area contributed by atoms with E-state index in [0.29, 0.717) is 11.8 Å². The third-order valence-corrected chi connectivity index (χ3v) is 5.82. The lowest BCUT2D eigenvalue weighted by molar-refractivity contribution is 0.200. The van der Waals surface area contributed by atoms with Gasteiger partial charge in [0, 0.05) is 12.1 Å². The van der Waals surface area contributed by atoms with Gasteiger partial charge in [0.2, 0.25) is 10.0 Å². The highest BCUT2D eigenvalue weighted by atomic mass is 32.2. The molecule has 4 nitrogen and oxygen atoms in total. The monoisotopic (exact) mass is 302 g/mol. The summed E-state index contributed by atoms with van der Waals surface area (Å²) < 4.78 is 26.3. The minimum absolute atomic E-state index is 0.0203. The Morgan fingerprint density at radius 2 is 1.35 bits per heavy atom. The van der Waals surface area contributed by atoms with Crippen molar-refractivity contribution in [1.29, 1.82) is 0 Å². The molecule has 2 unspecified atom stereocenters. The van der Waals surface area contributed by atoms with Crippen LogP contribution in [0.3, 0.4) is 0 Å². The van der Waals surface area contributed by atoms with E-state index in [1.165, 1.54) is 44.8 Å². The summed E-state index contributed by atoms with van der Waals surface area (Å²) in [6.07, 6.45) is 13.3. The van der Waals surface area contributed by atoms with Gasteiger partial charge in [-0.1, -0.05) is 38.5 Å². The van der Waals surface area contributed by atoms with Crippen LogP contribution in [0.1, 0.15) is 64.2 Å². The third kappa shape index (κ3) is 4.71.